The van der Waals surface area contributed by atoms with Crippen molar-refractivity contribution in [3.8, 4) is 0 Å². The fraction of sp³-hybridized carbons (Fsp3) is 0.909. The van der Waals surface area contributed by atoms with Crippen LogP contribution in [-0.2, 0) is 4.79 Å². The number of rotatable bonds is 6. The highest BCUT2D eigenvalue weighted by molar-refractivity contribution is 5.73. The van der Waals surface area contributed by atoms with E-state index in [1.54, 1.807) is 0 Å². The molecule has 0 spiro atoms. The second-order valence-electron chi connectivity index (χ2n) is 4.37. The van der Waals surface area contributed by atoms with Gasteiger partial charge >= 0.3 is 5.97 Å². The van der Waals surface area contributed by atoms with Crippen molar-refractivity contribution in [3.05, 3.63) is 0 Å². The van der Waals surface area contributed by atoms with Crippen LogP contribution >= 0.6 is 0 Å². The molecule has 0 bridgehead atoms. The van der Waals surface area contributed by atoms with Crippen LogP contribution in [0.3, 0.4) is 0 Å². The number of hydrogen-bond donors (Lipinski definition) is 2. The van der Waals surface area contributed by atoms with Gasteiger partial charge in [0.1, 0.15) is 6.04 Å². The normalized spacial score (nSPS) is 21.5. The summed E-state index contributed by atoms with van der Waals surface area (Å²) in [5, 5.41) is 12.1. The highest BCUT2D eigenvalue weighted by Gasteiger charge is 2.20. The van der Waals surface area contributed by atoms with E-state index in [1.165, 1.54) is 12.8 Å². The standard InChI is InChI=1S/C11H22N2O2/c1-3-10(11(14)15)12-9(2)8-13-6-4-5-7-13/h9-10,12H,3-8H2,1-2H3,(H,14,15). The molecule has 1 aliphatic rings. The van der Waals surface area contributed by atoms with Crippen LogP contribution in [0.15, 0.2) is 0 Å². The summed E-state index contributed by atoms with van der Waals surface area (Å²) < 4.78 is 0. The number of nitrogens with one attached hydrogen (secondary N) is 1. The summed E-state index contributed by atoms with van der Waals surface area (Å²) >= 11 is 0. The Balaban J connectivity index is 2.26. The number of carboxylic acids is 1. The average molecular weight is 214 g/mol. The Morgan fingerprint density at radius 1 is 1.47 bits per heavy atom. The first-order valence-corrected chi connectivity index (χ1v) is 5.84. The fourth-order valence-corrected chi connectivity index (χ4v) is 2.11. The van der Waals surface area contributed by atoms with Crippen LogP contribution in [0.2, 0.25) is 0 Å². The fourth-order valence-electron chi connectivity index (χ4n) is 2.11. The smallest absolute Gasteiger partial charge is 0.320 e. The van der Waals surface area contributed by atoms with Crippen molar-refractivity contribution in [1.29, 1.82) is 0 Å². The first-order valence-electron chi connectivity index (χ1n) is 5.84. The summed E-state index contributed by atoms with van der Waals surface area (Å²) in [6, 6.07) is -0.147. The third-order valence-corrected chi connectivity index (χ3v) is 2.92. The van der Waals surface area contributed by atoms with Crippen LogP contribution in [0.1, 0.15) is 33.1 Å². The molecule has 4 nitrogen and oxygen atoms in total. The van der Waals surface area contributed by atoms with Crippen molar-refractivity contribution < 1.29 is 9.90 Å². The Hall–Kier alpha value is -0.610. The second kappa shape index (κ2) is 6.08. The number of aliphatic carboxylic acids is 1. The lowest BCUT2D eigenvalue weighted by Crippen LogP contribution is -2.46. The third-order valence-electron chi connectivity index (χ3n) is 2.92. The Kier molecular flexibility index (Phi) is 5.05. The highest BCUT2D eigenvalue weighted by Crippen LogP contribution is 2.07. The molecule has 2 N–H and O–H groups in total. The Morgan fingerprint density at radius 3 is 2.53 bits per heavy atom. The number of likely N-dealkylation sites (tertiary alicyclic amines) is 1. The summed E-state index contributed by atoms with van der Waals surface area (Å²) in [7, 11) is 0. The van der Waals surface area contributed by atoms with Crippen molar-refractivity contribution in [3.63, 3.8) is 0 Å². The predicted molar refractivity (Wildman–Crippen MR) is 60.0 cm³/mol. The maximum absolute atomic E-state index is 10.8. The summed E-state index contributed by atoms with van der Waals surface area (Å²) in [6.45, 7) is 7.24. The van der Waals surface area contributed by atoms with E-state index in [0.29, 0.717) is 6.42 Å². The largest absolute Gasteiger partial charge is 0.480 e. The third kappa shape index (κ3) is 4.18. The quantitative estimate of drug-likeness (QED) is 0.690. The molecule has 15 heavy (non-hydrogen) atoms. The topological polar surface area (TPSA) is 52.6 Å². The highest BCUT2D eigenvalue weighted by atomic mass is 16.4. The zero-order valence-electron chi connectivity index (χ0n) is 9.70. The Bertz CT molecular complexity index is 203. The van der Waals surface area contributed by atoms with Gasteiger partial charge in [-0.1, -0.05) is 6.92 Å². The van der Waals surface area contributed by atoms with E-state index in [4.69, 9.17) is 5.11 Å². The second-order valence-corrected chi connectivity index (χ2v) is 4.37. The van der Waals surface area contributed by atoms with E-state index in [9.17, 15) is 4.79 Å². The van der Waals surface area contributed by atoms with Crippen molar-refractivity contribution in [1.82, 2.24) is 10.2 Å². The summed E-state index contributed by atoms with van der Waals surface area (Å²) in [6.07, 6.45) is 3.20. The van der Waals surface area contributed by atoms with Gasteiger partial charge < -0.3 is 15.3 Å². The molecule has 1 rings (SSSR count). The van der Waals surface area contributed by atoms with Gasteiger partial charge in [0.2, 0.25) is 0 Å². The molecule has 1 fully saturated rings. The van der Waals surface area contributed by atoms with E-state index >= 15 is 0 Å². The lowest BCUT2D eigenvalue weighted by molar-refractivity contribution is -0.139. The van der Waals surface area contributed by atoms with E-state index in [1.807, 2.05) is 6.92 Å². The molecule has 0 aromatic carbocycles. The molecule has 4 heteroatoms. The molecule has 88 valence electrons. The maximum Gasteiger partial charge on any atom is 0.320 e. The zero-order chi connectivity index (χ0) is 11.3. The van der Waals surface area contributed by atoms with E-state index in [0.717, 1.165) is 19.6 Å². The molecule has 0 radical (unpaired) electrons. The number of carboxylic acid groups (broad SMARTS) is 1. The minimum absolute atomic E-state index is 0.254. The van der Waals surface area contributed by atoms with Crippen LogP contribution < -0.4 is 5.32 Å². The lowest BCUT2D eigenvalue weighted by atomic mass is 10.2. The van der Waals surface area contributed by atoms with Gasteiger partial charge in [0.25, 0.3) is 0 Å². The van der Waals surface area contributed by atoms with Gasteiger partial charge in [-0.3, -0.25) is 4.79 Å². The molecule has 1 saturated heterocycles. The molecule has 0 aliphatic carbocycles. The number of carbonyl (C=O) groups is 1. The summed E-state index contributed by atoms with van der Waals surface area (Å²) in [5.41, 5.74) is 0. The van der Waals surface area contributed by atoms with Gasteiger partial charge in [-0.05, 0) is 39.3 Å². The number of hydrogen-bond acceptors (Lipinski definition) is 3. The number of nitrogens with zero attached hydrogens (tertiary/aromatic N) is 1. The Morgan fingerprint density at radius 2 is 2.07 bits per heavy atom. The van der Waals surface area contributed by atoms with Crippen LogP contribution in [0.25, 0.3) is 0 Å². The van der Waals surface area contributed by atoms with Crippen LogP contribution in [0.5, 0.6) is 0 Å². The average Bonchev–Trinajstić information content (AvgIpc) is 2.66. The molecular formula is C11H22N2O2. The monoisotopic (exact) mass is 214 g/mol. The molecule has 2 unspecified atom stereocenters. The SMILES string of the molecule is CCC(NC(C)CN1CCCC1)C(=O)O. The maximum atomic E-state index is 10.8. The van der Waals surface area contributed by atoms with Crippen molar-refractivity contribution in [2.24, 2.45) is 0 Å². The van der Waals surface area contributed by atoms with Crippen LogP contribution in [0.4, 0.5) is 0 Å². The van der Waals surface area contributed by atoms with Gasteiger partial charge in [0, 0.05) is 12.6 Å². The molecule has 2 atom stereocenters. The van der Waals surface area contributed by atoms with Crippen LogP contribution in [-0.4, -0.2) is 47.7 Å². The zero-order valence-corrected chi connectivity index (χ0v) is 9.70. The van der Waals surface area contributed by atoms with Gasteiger partial charge in [0.05, 0.1) is 0 Å². The van der Waals surface area contributed by atoms with E-state index in [2.05, 4.69) is 17.1 Å². The predicted octanol–water partition coefficient (Wildman–Crippen LogP) is 0.923. The van der Waals surface area contributed by atoms with Gasteiger partial charge in [0.15, 0.2) is 0 Å². The first kappa shape index (κ1) is 12.5. The summed E-state index contributed by atoms with van der Waals surface area (Å²) in [5.74, 6) is -0.745. The lowest BCUT2D eigenvalue weighted by Gasteiger charge is -2.23. The first-order chi connectivity index (χ1) is 7.13. The van der Waals surface area contributed by atoms with Crippen molar-refractivity contribution in [2.75, 3.05) is 19.6 Å². The van der Waals surface area contributed by atoms with E-state index < -0.39 is 12.0 Å². The minimum atomic E-state index is -0.745. The molecular weight excluding hydrogens is 192 g/mol. The molecule has 0 saturated carbocycles. The van der Waals surface area contributed by atoms with Gasteiger partial charge in [-0.25, -0.2) is 0 Å². The molecule has 1 heterocycles. The van der Waals surface area contributed by atoms with E-state index in [-0.39, 0.29) is 6.04 Å². The molecule has 0 aromatic rings. The Labute approximate surface area is 91.6 Å². The molecule has 0 amide bonds. The molecule has 0 aromatic heterocycles. The molecule has 1 aliphatic heterocycles. The van der Waals surface area contributed by atoms with Crippen molar-refractivity contribution >= 4 is 5.97 Å². The van der Waals surface area contributed by atoms with Crippen LogP contribution in [0, 0.1) is 0 Å². The van der Waals surface area contributed by atoms with Gasteiger partial charge in [-0.15, -0.1) is 0 Å². The van der Waals surface area contributed by atoms with Gasteiger partial charge in [-0.2, -0.15) is 0 Å². The van der Waals surface area contributed by atoms with Crippen molar-refractivity contribution in [2.45, 2.75) is 45.2 Å². The summed E-state index contributed by atoms with van der Waals surface area (Å²) in [4.78, 5) is 13.2. The minimum Gasteiger partial charge on any atom is -0.480 e.